The van der Waals surface area contributed by atoms with Crippen molar-refractivity contribution < 1.29 is 14.6 Å². The molecular weight excluding hydrogens is 173 g/mol. The molecule has 3 nitrogen and oxygen atoms in total. The van der Waals surface area contributed by atoms with E-state index in [-0.39, 0.29) is 5.54 Å². The lowest BCUT2D eigenvalue weighted by Crippen LogP contribution is -2.58. The average Bonchev–Trinajstić information content (AvgIpc) is 2.79. The van der Waals surface area contributed by atoms with Crippen LogP contribution in [0.5, 0.6) is 0 Å². The van der Waals surface area contributed by atoms with E-state index in [1.54, 1.807) is 0 Å². The normalized spacial score (nSPS) is 41.9. The third-order valence-electron chi connectivity index (χ3n) is 3.12. The van der Waals surface area contributed by atoms with Crippen LogP contribution in [0.3, 0.4) is 0 Å². The fourth-order valence-corrected chi connectivity index (χ4v) is 2.20. The van der Waals surface area contributed by atoms with Crippen LogP contribution in [0.4, 0.5) is 4.39 Å². The predicted molar refractivity (Wildman–Crippen MR) is 45.7 cm³/mol. The van der Waals surface area contributed by atoms with E-state index >= 15 is 0 Å². The highest BCUT2D eigenvalue weighted by Gasteiger charge is 2.57. The van der Waals surface area contributed by atoms with E-state index in [9.17, 15) is 14.6 Å². The zero-order valence-corrected chi connectivity index (χ0v) is 7.33. The van der Waals surface area contributed by atoms with Gasteiger partial charge in [-0.1, -0.05) is 6.58 Å². The van der Waals surface area contributed by atoms with Crippen molar-refractivity contribution in [3.8, 4) is 0 Å². The van der Waals surface area contributed by atoms with Gasteiger partial charge in [-0.3, -0.25) is 0 Å². The zero-order valence-electron chi connectivity index (χ0n) is 7.33. The molecular formula is C9H14FNO2. The highest BCUT2D eigenvalue weighted by atomic mass is 19.1. The molecule has 2 rings (SSSR count). The predicted octanol–water partition coefficient (Wildman–Crippen LogP) is -0.0566. The molecule has 13 heavy (non-hydrogen) atoms. The smallest absolute Gasteiger partial charge is 0.100 e. The van der Waals surface area contributed by atoms with Crippen molar-refractivity contribution in [2.45, 2.75) is 30.6 Å². The monoisotopic (exact) mass is 187 g/mol. The van der Waals surface area contributed by atoms with Crippen LogP contribution in [-0.2, 0) is 0 Å². The van der Waals surface area contributed by atoms with Gasteiger partial charge in [-0.05, 0) is 12.8 Å². The van der Waals surface area contributed by atoms with Gasteiger partial charge < -0.3 is 15.5 Å². The number of hydrogen-bond donors (Lipinski definition) is 3. The van der Waals surface area contributed by atoms with Crippen LogP contribution in [0.1, 0.15) is 12.8 Å². The maximum Gasteiger partial charge on any atom is 0.100 e. The number of aliphatic hydroxyl groups excluding tert-OH is 2. The summed E-state index contributed by atoms with van der Waals surface area (Å²) < 4.78 is 13.0. The van der Waals surface area contributed by atoms with Gasteiger partial charge >= 0.3 is 0 Å². The van der Waals surface area contributed by atoms with Gasteiger partial charge in [0.1, 0.15) is 5.83 Å². The van der Waals surface area contributed by atoms with Gasteiger partial charge in [0.2, 0.25) is 0 Å². The summed E-state index contributed by atoms with van der Waals surface area (Å²) in [7, 11) is 0. The Morgan fingerprint density at radius 1 is 1.46 bits per heavy atom. The fraction of sp³-hybridized carbons (Fsp3) is 0.778. The number of aliphatic hydroxyl groups is 2. The second-order valence-corrected chi connectivity index (χ2v) is 4.02. The van der Waals surface area contributed by atoms with Crippen LogP contribution in [0.25, 0.3) is 0 Å². The standard InChI is InChI=1S/C9H14FNO2/c1-5(10)7-8(13)6(12)4-11-9(7)2-3-9/h6-8,11-13H,1-4H2. The molecule has 2 aliphatic rings. The molecule has 0 aromatic rings. The summed E-state index contributed by atoms with van der Waals surface area (Å²) in [6.07, 6.45) is -0.195. The lowest BCUT2D eigenvalue weighted by atomic mass is 9.84. The van der Waals surface area contributed by atoms with Crippen molar-refractivity contribution in [2.75, 3.05) is 6.54 Å². The molecule has 3 N–H and O–H groups in total. The van der Waals surface area contributed by atoms with Crippen molar-refractivity contribution in [1.29, 1.82) is 0 Å². The molecule has 2 fully saturated rings. The van der Waals surface area contributed by atoms with Crippen molar-refractivity contribution >= 4 is 0 Å². The molecule has 1 saturated heterocycles. The van der Waals surface area contributed by atoms with Gasteiger partial charge in [0.25, 0.3) is 0 Å². The van der Waals surface area contributed by atoms with Gasteiger partial charge in [0.15, 0.2) is 0 Å². The Morgan fingerprint density at radius 2 is 2.08 bits per heavy atom. The van der Waals surface area contributed by atoms with Gasteiger partial charge in [0.05, 0.1) is 18.1 Å². The first kappa shape index (κ1) is 9.12. The van der Waals surface area contributed by atoms with Gasteiger partial charge in [-0.2, -0.15) is 0 Å². The van der Waals surface area contributed by atoms with Crippen molar-refractivity contribution in [2.24, 2.45) is 5.92 Å². The maximum atomic E-state index is 13.0. The largest absolute Gasteiger partial charge is 0.390 e. The Labute approximate surface area is 76.3 Å². The third-order valence-corrected chi connectivity index (χ3v) is 3.12. The fourth-order valence-electron chi connectivity index (χ4n) is 2.20. The lowest BCUT2D eigenvalue weighted by molar-refractivity contribution is -0.0510. The Balaban J connectivity index is 2.20. The molecule has 3 unspecified atom stereocenters. The van der Waals surface area contributed by atoms with E-state index < -0.39 is 24.0 Å². The summed E-state index contributed by atoms with van der Waals surface area (Å²) in [6.45, 7) is 3.56. The Bertz CT molecular complexity index is 240. The zero-order chi connectivity index (χ0) is 9.64. The first-order valence-corrected chi connectivity index (χ1v) is 4.52. The number of halogens is 1. The number of β-amino-alcohol motifs (C(OH)–C–C–N with tert-alkyl or cyclic N) is 1. The molecule has 1 aliphatic carbocycles. The molecule has 0 bridgehead atoms. The van der Waals surface area contributed by atoms with Crippen LogP contribution in [0.2, 0.25) is 0 Å². The minimum atomic E-state index is -1.01. The van der Waals surface area contributed by atoms with E-state index in [1.165, 1.54) is 0 Å². The molecule has 1 aliphatic heterocycles. The summed E-state index contributed by atoms with van der Waals surface area (Å²) in [4.78, 5) is 0. The Morgan fingerprint density at radius 3 is 2.54 bits per heavy atom. The molecule has 0 aromatic heterocycles. The first-order valence-electron chi connectivity index (χ1n) is 4.52. The van der Waals surface area contributed by atoms with E-state index in [0.29, 0.717) is 6.54 Å². The van der Waals surface area contributed by atoms with Crippen molar-refractivity contribution in [3.05, 3.63) is 12.4 Å². The van der Waals surface area contributed by atoms with Gasteiger partial charge in [-0.25, -0.2) is 4.39 Å². The molecule has 1 heterocycles. The third kappa shape index (κ3) is 1.29. The van der Waals surface area contributed by atoms with E-state index in [1.807, 2.05) is 0 Å². The molecule has 0 amide bonds. The Kier molecular flexibility index (Phi) is 1.94. The van der Waals surface area contributed by atoms with Crippen LogP contribution in [0, 0.1) is 5.92 Å². The second kappa shape index (κ2) is 2.77. The highest BCUT2D eigenvalue weighted by Crippen LogP contribution is 2.49. The topological polar surface area (TPSA) is 52.5 Å². The molecule has 74 valence electrons. The molecule has 1 spiro atoms. The van der Waals surface area contributed by atoms with Crippen LogP contribution in [-0.4, -0.2) is 34.5 Å². The van der Waals surface area contributed by atoms with E-state index in [2.05, 4.69) is 11.9 Å². The summed E-state index contributed by atoms with van der Waals surface area (Å²) in [5, 5.41) is 22.0. The summed E-state index contributed by atoms with van der Waals surface area (Å²) in [5.41, 5.74) is -0.315. The molecule has 4 heteroatoms. The van der Waals surface area contributed by atoms with E-state index in [0.717, 1.165) is 12.8 Å². The number of hydrogen-bond acceptors (Lipinski definition) is 3. The number of rotatable bonds is 1. The summed E-state index contributed by atoms with van der Waals surface area (Å²) in [5.74, 6) is -1.17. The molecule has 0 radical (unpaired) electrons. The van der Waals surface area contributed by atoms with Gasteiger partial charge in [-0.15, -0.1) is 0 Å². The first-order chi connectivity index (χ1) is 6.07. The number of nitrogens with one attached hydrogen (secondary N) is 1. The summed E-state index contributed by atoms with van der Waals surface area (Å²) in [6, 6.07) is 0. The van der Waals surface area contributed by atoms with Gasteiger partial charge in [0, 0.05) is 12.1 Å². The second-order valence-electron chi connectivity index (χ2n) is 4.02. The lowest BCUT2D eigenvalue weighted by Gasteiger charge is -2.38. The summed E-state index contributed by atoms with van der Waals surface area (Å²) >= 11 is 0. The minimum Gasteiger partial charge on any atom is -0.390 e. The van der Waals surface area contributed by atoms with Crippen LogP contribution in [0.15, 0.2) is 12.4 Å². The van der Waals surface area contributed by atoms with Crippen molar-refractivity contribution in [1.82, 2.24) is 5.32 Å². The average molecular weight is 187 g/mol. The molecule has 0 aromatic carbocycles. The minimum absolute atomic E-state index is 0.315. The van der Waals surface area contributed by atoms with E-state index in [4.69, 9.17) is 0 Å². The SMILES string of the molecule is C=C(F)C1C(O)C(O)CNC12CC2. The van der Waals surface area contributed by atoms with Crippen LogP contribution < -0.4 is 5.32 Å². The molecule has 1 saturated carbocycles. The highest BCUT2D eigenvalue weighted by molar-refractivity contribution is 5.20. The van der Waals surface area contributed by atoms with Crippen molar-refractivity contribution in [3.63, 3.8) is 0 Å². The maximum absolute atomic E-state index is 13.0. The number of piperidine rings is 1. The molecule has 3 atom stereocenters. The Hall–Kier alpha value is -0.450. The van der Waals surface area contributed by atoms with Crippen LogP contribution >= 0.6 is 0 Å². The quantitative estimate of drug-likeness (QED) is 0.539.